The molecule has 0 aliphatic carbocycles. The Kier molecular flexibility index (Phi) is 2.43. The minimum absolute atomic E-state index is 1.07. The van der Waals surface area contributed by atoms with Gasteiger partial charge in [-0.25, -0.2) is 4.79 Å². The van der Waals surface area contributed by atoms with E-state index in [9.17, 15) is 14.9 Å². The van der Waals surface area contributed by atoms with E-state index in [0.717, 1.165) is 6.92 Å². The largest absolute Gasteiger partial charge is 0.480 e. The van der Waals surface area contributed by atoms with Crippen LogP contribution in [0.3, 0.4) is 0 Å². The summed E-state index contributed by atoms with van der Waals surface area (Å²) in [5, 5.41) is 16.3. The van der Waals surface area contributed by atoms with Crippen LogP contribution in [0, 0.1) is 10.1 Å². The average Bonchev–Trinajstić information content (AvgIpc) is 1.63. The topological polar surface area (TPSA) is 89.7 Å². The highest BCUT2D eigenvalue weighted by atomic mass is 17.0. The molecule has 1 N–H and O–H groups in total. The highest BCUT2D eigenvalue weighted by Gasteiger charge is 2.13. The number of carbonyl (C=O) groups is 1. The molecule has 0 bridgehead atoms. The Bertz CT molecular complexity index is 132. The molecule has 0 unspecified atom stereocenters. The smallest absolute Gasteiger partial charge is 0.332 e. The lowest BCUT2D eigenvalue weighted by atomic mass is 10.4. The van der Waals surface area contributed by atoms with Crippen LogP contribution in [0.1, 0.15) is 6.92 Å². The van der Waals surface area contributed by atoms with Crippen molar-refractivity contribution in [1.29, 1.82) is 0 Å². The molecule has 0 radical (unpaired) electrons. The Morgan fingerprint density at radius 1 is 1.89 bits per heavy atom. The van der Waals surface area contributed by atoms with Gasteiger partial charge in [-0.1, -0.05) is 0 Å². The zero-order chi connectivity index (χ0) is 7.44. The fourth-order valence-electron chi connectivity index (χ4n) is 0.174. The summed E-state index contributed by atoms with van der Waals surface area (Å²) >= 11 is 0. The van der Waals surface area contributed by atoms with Gasteiger partial charge in [-0.05, 0) is 6.92 Å². The van der Waals surface area contributed by atoms with Crippen molar-refractivity contribution < 1.29 is 19.8 Å². The Balaban J connectivity index is 3.63. The lowest BCUT2D eigenvalue weighted by Crippen LogP contribution is -2.22. The highest BCUT2D eigenvalue weighted by Crippen LogP contribution is 1.88. The number of hydrogen-bond acceptors (Lipinski definition) is 4. The fraction of sp³-hybridized carbons (Fsp3) is 0.667. The van der Waals surface area contributed by atoms with Crippen LogP contribution in [0.5, 0.6) is 0 Å². The van der Waals surface area contributed by atoms with E-state index in [1.807, 2.05) is 0 Å². The molecular weight excluding hydrogens is 130 g/mol. The summed E-state index contributed by atoms with van der Waals surface area (Å²) in [5.41, 5.74) is 0. The van der Waals surface area contributed by atoms with Gasteiger partial charge in [-0.3, -0.25) is 4.84 Å². The van der Waals surface area contributed by atoms with Crippen molar-refractivity contribution in [2.45, 2.75) is 13.0 Å². The molecule has 0 saturated carbocycles. The average molecular weight is 135 g/mol. The molecule has 0 aromatic heterocycles. The van der Waals surface area contributed by atoms with Crippen LogP contribution in [0.15, 0.2) is 0 Å². The fourth-order valence-corrected chi connectivity index (χ4v) is 0.174. The van der Waals surface area contributed by atoms with Crippen molar-refractivity contribution >= 4 is 5.97 Å². The van der Waals surface area contributed by atoms with Gasteiger partial charge in [-0.15, -0.1) is 10.1 Å². The molecule has 1 atom stereocenters. The summed E-state index contributed by atoms with van der Waals surface area (Å²) in [7, 11) is 0. The van der Waals surface area contributed by atoms with E-state index in [2.05, 4.69) is 4.84 Å². The van der Waals surface area contributed by atoms with E-state index < -0.39 is 17.2 Å². The number of aliphatic carboxylic acids is 1. The molecule has 52 valence electrons. The van der Waals surface area contributed by atoms with Crippen LogP contribution in [0.2, 0.25) is 0 Å². The molecule has 0 fully saturated rings. The molecule has 0 aromatic carbocycles. The number of hydrogen-bond donors (Lipinski definition) is 1. The molecule has 6 nitrogen and oxygen atoms in total. The summed E-state index contributed by atoms with van der Waals surface area (Å²) < 4.78 is 0. The van der Waals surface area contributed by atoms with E-state index in [1.54, 1.807) is 0 Å². The van der Waals surface area contributed by atoms with Crippen LogP contribution >= 0.6 is 0 Å². The number of nitrogens with zero attached hydrogens (tertiary/aromatic N) is 1. The van der Waals surface area contributed by atoms with Crippen molar-refractivity contribution in [2.75, 3.05) is 0 Å². The van der Waals surface area contributed by atoms with E-state index >= 15 is 0 Å². The lowest BCUT2D eigenvalue weighted by molar-refractivity contribution is -0.764. The second-order valence-electron chi connectivity index (χ2n) is 1.31. The van der Waals surface area contributed by atoms with Crippen molar-refractivity contribution in [2.24, 2.45) is 0 Å². The SMILES string of the molecule is C[C@@H](O[N+](=O)[O-])C(=O)O. The molecular formula is C3H5NO5. The maximum atomic E-state index is 9.81. The molecule has 0 saturated heterocycles. The van der Waals surface area contributed by atoms with Gasteiger partial charge < -0.3 is 5.11 Å². The second-order valence-corrected chi connectivity index (χ2v) is 1.31. The van der Waals surface area contributed by atoms with E-state index in [1.165, 1.54) is 0 Å². The summed E-state index contributed by atoms with van der Waals surface area (Å²) in [4.78, 5) is 22.9. The van der Waals surface area contributed by atoms with Crippen LogP contribution < -0.4 is 0 Å². The first-order chi connectivity index (χ1) is 4.04. The van der Waals surface area contributed by atoms with Crippen molar-refractivity contribution in [3.63, 3.8) is 0 Å². The minimum atomic E-state index is -1.39. The Hall–Kier alpha value is -1.33. The maximum Gasteiger partial charge on any atom is 0.332 e. The van der Waals surface area contributed by atoms with Gasteiger partial charge in [0.25, 0.3) is 5.09 Å². The van der Waals surface area contributed by atoms with Gasteiger partial charge in [-0.2, -0.15) is 0 Å². The first kappa shape index (κ1) is 7.67. The zero-order valence-corrected chi connectivity index (χ0v) is 4.60. The Morgan fingerprint density at radius 3 is 2.44 bits per heavy atom. The van der Waals surface area contributed by atoms with Crippen molar-refractivity contribution in [1.82, 2.24) is 0 Å². The molecule has 6 heteroatoms. The second kappa shape index (κ2) is 2.85. The predicted octanol–water partition coefficient (Wildman–Crippen LogP) is -0.332. The summed E-state index contributed by atoms with van der Waals surface area (Å²) in [6.45, 7) is 1.07. The third-order valence-electron chi connectivity index (χ3n) is 0.592. The summed E-state index contributed by atoms with van der Waals surface area (Å²) in [6.07, 6.45) is -1.39. The standard InChI is InChI=1S/C3H5NO5/c1-2(3(5)6)9-4(7)8/h2H,1H3,(H,5,6)/t2-/m1/s1. The molecule has 0 aliphatic heterocycles. The maximum absolute atomic E-state index is 9.81. The molecule has 0 rings (SSSR count). The zero-order valence-electron chi connectivity index (χ0n) is 4.60. The van der Waals surface area contributed by atoms with Gasteiger partial charge in [0, 0.05) is 0 Å². The summed E-state index contributed by atoms with van der Waals surface area (Å²) in [6, 6.07) is 0. The molecule has 9 heavy (non-hydrogen) atoms. The Morgan fingerprint density at radius 2 is 2.33 bits per heavy atom. The third-order valence-corrected chi connectivity index (χ3v) is 0.592. The van der Waals surface area contributed by atoms with Gasteiger partial charge in [0.05, 0.1) is 0 Å². The highest BCUT2D eigenvalue weighted by molar-refractivity contribution is 5.71. The molecule has 0 aliphatic rings. The van der Waals surface area contributed by atoms with Gasteiger partial charge >= 0.3 is 5.97 Å². The first-order valence-electron chi connectivity index (χ1n) is 2.08. The van der Waals surface area contributed by atoms with Crippen molar-refractivity contribution in [3.8, 4) is 0 Å². The monoisotopic (exact) mass is 135 g/mol. The number of carboxylic acids is 1. The van der Waals surface area contributed by atoms with E-state index in [0.29, 0.717) is 0 Å². The summed E-state index contributed by atoms with van der Waals surface area (Å²) in [5.74, 6) is -1.35. The third kappa shape index (κ3) is 3.27. The van der Waals surface area contributed by atoms with Gasteiger partial charge in [0.15, 0.2) is 0 Å². The molecule has 0 aromatic rings. The minimum Gasteiger partial charge on any atom is -0.480 e. The first-order valence-corrected chi connectivity index (χ1v) is 2.08. The van der Waals surface area contributed by atoms with Crippen LogP contribution in [-0.2, 0) is 9.63 Å². The Labute approximate surface area is 50.1 Å². The molecule has 0 amide bonds. The van der Waals surface area contributed by atoms with Crippen LogP contribution in [0.4, 0.5) is 0 Å². The van der Waals surface area contributed by atoms with E-state index in [4.69, 9.17) is 5.11 Å². The van der Waals surface area contributed by atoms with E-state index in [-0.39, 0.29) is 0 Å². The normalized spacial score (nSPS) is 12.1. The molecule has 0 spiro atoms. The van der Waals surface area contributed by atoms with Crippen molar-refractivity contribution in [3.05, 3.63) is 10.1 Å². The van der Waals surface area contributed by atoms with Gasteiger partial charge in [0.2, 0.25) is 6.10 Å². The van der Waals surface area contributed by atoms with Crippen LogP contribution in [-0.4, -0.2) is 22.3 Å². The predicted molar refractivity (Wildman–Crippen MR) is 25.2 cm³/mol. The number of rotatable bonds is 3. The van der Waals surface area contributed by atoms with Crippen LogP contribution in [0.25, 0.3) is 0 Å². The quantitative estimate of drug-likeness (QED) is 0.422. The van der Waals surface area contributed by atoms with Gasteiger partial charge in [0.1, 0.15) is 0 Å². The lowest BCUT2D eigenvalue weighted by Gasteiger charge is -2.00. The molecule has 0 heterocycles. The number of carboxylic acid groups (broad SMARTS) is 1.